The van der Waals surface area contributed by atoms with E-state index in [0.717, 1.165) is 21.9 Å². The molecule has 20 heavy (non-hydrogen) atoms. The molecule has 3 nitrogen and oxygen atoms in total. The van der Waals surface area contributed by atoms with E-state index in [9.17, 15) is 0 Å². The molecule has 1 N–H and O–H groups in total. The lowest BCUT2D eigenvalue weighted by Gasteiger charge is -2.07. The molecule has 0 radical (unpaired) electrons. The van der Waals surface area contributed by atoms with E-state index in [0.29, 0.717) is 18.7 Å². The summed E-state index contributed by atoms with van der Waals surface area (Å²) in [5.74, 6) is 0.808. The summed E-state index contributed by atoms with van der Waals surface area (Å²) in [6.07, 6.45) is 0.633. The Balaban J connectivity index is 1.92. The Labute approximate surface area is 123 Å². The number of ether oxygens (including phenoxy) is 1. The molecule has 2 aromatic carbocycles. The summed E-state index contributed by atoms with van der Waals surface area (Å²) < 4.78 is 5.70. The fraction of sp³-hybridized carbons (Fsp3) is 0.188. The monoisotopic (exact) mass is 289 g/mol. The Morgan fingerprint density at radius 2 is 1.65 bits per heavy atom. The maximum atomic E-state index is 8.63. The highest BCUT2D eigenvalue weighted by atomic mass is 35.5. The number of oxime groups is 1. The van der Waals surface area contributed by atoms with Gasteiger partial charge in [-0.2, -0.15) is 0 Å². The van der Waals surface area contributed by atoms with Crippen molar-refractivity contribution >= 4 is 17.3 Å². The Morgan fingerprint density at radius 1 is 1.05 bits per heavy atom. The molecule has 104 valence electrons. The summed E-state index contributed by atoms with van der Waals surface area (Å²) in [6.45, 7) is 2.29. The van der Waals surface area contributed by atoms with Crippen molar-refractivity contribution in [3.8, 4) is 5.75 Å². The van der Waals surface area contributed by atoms with E-state index < -0.39 is 0 Å². The smallest absolute Gasteiger partial charge is 0.119 e. The zero-order chi connectivity index (χ0) is 14.4. The van der Waals surface area contributed by atoms with Crippen LogP contribution in [-0.2, 0) is 13.0 Å². The lowest BCUT2D eigenvalue weighted by atomic mass is 10.1. The fourth-order valence-electron chi connectivity index (χ4n) is 1.78. The van der Waals surface area contributed by atoms with E-state index in [1.807, 2.05) is 48.5 Å². The maximum absolute atomic E-state index is 8.63. The van der Waals surface area contributed by atoms with Crippen LogP contribution in [0.2, 0.25) is 5.02 Å². The van der Waals surface area contributed by atoms with Gasteiger partial charge in [0.1, 0.15) is 12.4 Å². The molecule has 0 fully saturated rings. The minimum atomic E-state index is 0.508. The SMILES string of the molecule is C/C(Cc1ccc(OCc2ccc(Cl)cc2)cc1)=N/O. The molecule has 0 unspecified atom stereocenters. The van der Waals surface area contributed by atoms with Gasteiger partial charge in [0.2, 0.25) is 0 Å². The number of hydrogen-bond acceptors (Lipinski definition) is 3. The van der Waals surface area contributed by atoms with Crippen LogP contribution in [0.15, 0.2) is 53.7 Å². The van der Waals surface area contributed by atoms with Crippen molar-refractivity contribution in [2.75, 3.05) is 0 Å². The highest BCUT2D eigenvalue weighted by molar-refractivity contribution is 6.30. The molecule has 0 saturated carbocycles. The van der Waals surface area contributed by atoms with Crippen molar-refractivity contribution in [2.45, 2.75) is 20.0 Å². The Morgan fingerprint density at radius 3 is 2.25 bits per heavy atom. The van der Waals surface area contributed by atoms with Gasteiger partial charge in [-0.3, -0.25) is 0 Å². The van der Waals surface area contributed by atoms with Gasteiger partial charge in [-0.05, 0) is 42.3 Å². The van der Waals surface area contributed by atoms with Gasteiger partial charge >= 0.3 is 0 Å². The van der Waals surface area contributed by atoms with Gasteiger partial charge < -0.3 is 9.94 Å². The van der Waals surface area contributed by atoms with Crippen LogP contribution in [0.3, 0.4) is 0 Å². The highest BCUT2D eigenvalue weighted by Crippen LogP contribution is 2.16. The van der Waals surface area contributed by atoms with Gasteiger partial charge in [0, 0.05) is 11.4 Å². The van der Waals surface area contributed by atoms with Crippen molar-refractivity contribution in [1.82, 2.24) is 0 Å². The summed E-state index contributed by atoms with van der Waals surface area (Å²) in [7, 11) is 0. The zero-order valence-corrected chi connectivity index (χ0v) is 12.0. The fourth-order valence-corrected chi connectivity index (χ4v) is 1.91. The third-order valence-corrected chi connectivity index (χ3v) is 3.12. The normalized spacial score (nSPS) is 11.4. The lowest BCUT2D eigenvalue weighted by Crippen LogP contribution is -1.98. The first kappa shape index (κ1) is 14.4. The van der Waals surface area contributed by atoms with Crippen LogP contribution in [0.25, 0.3) is 0 Å². The van der Waals surface area contributed by atoms with E-state index in [2.05, 4.69) is 5.16 Å². The van der Waals surface area contributed by atoms with Gasteiger partial charge in [-0.1, -0.05) is 41.0 Å². The number of halogens is 1. The first-order chi connectivity index (χ1) is 9.67. The second-order valence-corrected chi connectivity index (χ2v) is 5.01. The Hall–Kier alpha value is -2.00. The van der Waals surface area contributed by atoms with Crippen LogP contribution >= 0.6 is 11.6 Å². The van der Waals surface area contributed by atoms with Gasteiger partial charge in [0.05, 0.1) is 5.71 Å². The van der Waals surface area contributed by atoms with Crippen molar-refractivity contribution in [3.63, 3.8) is 0 Å². The number of nitrogens with zero attached hydrogens (tertiary/aromatic N) is 1. The predicted octanol–water partition coefficient (Wildman–Crippen LogP) is 4.31. The molecule has 0 aliphatic heterocycles. The molecule has 0 amide bonds. The predicted molar refractivity (Wildman–Crippen MR) is 80.8 cm³/mol. The largest absolute Gasteiger partial charge is 0.489 e. The summed E-state index contributed by atoms with van der Waals surface area (Å²) in [4.78, 5) is 0. The minimum Gasteiger partial charge on any atom is -0.489 e. The third-order valence-electron chi connectivity index (χ3n) is 2.87. The van der Waals surface area contributed by atoms with Crippen LogP contribution in [0.5, 0.6) is 5.75 Å². The lowest BCUT2D eigenvalue weighted by molar-refractivity contribution is 0.306. The summed E-state index contributed by atoms with van der Waals surface area (Å²) in [6, 6.07) is 15.3. The van der Waals surface area contributed by atoms with E-state index in [1.165, 1.54) is 0 Å². The molecule has 0 bridgehead atoms. The van der Waals surface area contributed by atoms with E-state index in [1.54, 1.807) is 6.92 Å². The quantitative estimate of drug-likeness (QED) is 0.506. The third kappa shape index (κ3) is 4.28. The van der Waals surface area contributed by atoms with Crippen molar-refractivity contribution in [3.05, 3.63) is 64.7 Å². The molecular formula is C16H16ClNO2. The minimum absolute atomic E-state index is 0.508. The average Bonchev–Trinajstić information content (AvgIpc) is 2.48. The maximum Gasteiger partial charge on any atom is 0.119 e. The van der Waals surface area contributed by atoms with Gasteiger partial charge in [-0.15, -0.1) is 0 Å². The molecule has 0 saturated heterocycles. The summed E-state index contributed by atoms with van der Waals surface area (Å²) >= 11 is 5.83. The van der Waals surface area contributed by atoms with Crippen molar-refractivity contribution in [1.29, 1.82) is 0 Å². The molecule has 0 spiro atoms. The molecule has 2 aromatic rings. The van der Waals surface area contributed by atoms with Crippen LogP contribution in [0.1, 0.15) is 18.1 Å². The molecule has 2 rings (SSSR count). The van der Waals surface area contributed by atoms with E-state index in [4.69, 9.17) is 21.5 Å². The van der Waals surface area contributed by atoms with Gasteiger partial charge in [0.15, 0.2) is 0 Å². The molecule has 0 atom stereocenters. The van der Waals surface area contributed by atoms with Crippen molar-refractivity contribution in [2.24, 2.45) is 5.16 Å². The molecule has 4 heteroatoms. The van der Waals surface area contributed by atoms with E-state index in [-0.39, 0.29) is 0 Å². The van der Waals surface area contributed by atoms with Crippen molar-refractivity contribution < 1.29 is 9.94 Å². The Bertz CT molecular complexity index is 576. The number of hydrogen-bond donors (Lipinski definition) is 1. The van der Waals surface area contributed by atoms with Gasteiger partial charge in [0.25, 0.3) is 0 Å². The van der Waals surface area contributed by atoms with Crippen LogP contribution in [0.4, 0.5) is 0 Å². The Kier molecular flexibility index (Phi) is 5.02. The molecule has 0 aromatic heterocycles. The molecular weight excluding hydrogens is 274 g/mol. The average molecular weight is 290 g/mol. The van der Waals surface area contributed by atoms with Crippen LogP contribution < -0.4 is 4.74 Å². The molecule has 0 heterocycles. The highest BCUT2D eigenvalue weighted by Gasteiger charge is 1.99. The second-order valence-electron chi connectivity index (χ2n) is 4.57. The standard InChI is InChI=1S/C16H16ClNO2/c1-12(18-19)10-13-4-8-16(9-5-13)20-11-14-2-6-15(17)7-3-14/h2-9,19H,10-11H2,1H3/b18-12-. The van der Waals surface area contributed by atoms with Crippen LogP contribution in [-0.4, -0.2) is 10.9 Å². The molecule has 0 aliphatic rings. The first-order valence-corrected chi connectivity index (χ1v) is 6.69. The van der Waals surface area contributed by atoms with Gasteiger partial charge in [-0.25, -0.2) is 0 Å². The van der Waals surface area contributed by atoms with Crippen LogP contribution in [0, 0.1) is 0 Å². The second kappa shape index (κ2) is 6.96. The van der Waals surface area contributed by atoms with E-state index >= 15 is 0 Å². The first-order valence-electron chi connectivity index (χ1n) is 6.31. The summed E-state index contributed by atoms with van der Waals surface area (Å²) in [5.41, 5.74) is 2.83. The topological polar surface area (TPSA) is 41.8 Å². The molecule has 0 aliphatic carbocycles. The zero-order valence-electron chi connectivity index (χ0n) is 11.2. The number of benzene rings is 2. The summed E-state index contributed by atoms with van der Waals surface area (Å²) in [5, 5.41) is 12.5. The number of rotatable bonds is 5.